The maximum atomic E-state index is 12.8. The Morgan fingerprint density at radius 3 is 2.28 bits per heavy atom. The van der Waals surface area contributed by atoms with Gasteiger partial charge in [-0.15, -0.1) is 0 Å². The molecule has 2 aliphatic rings. The zero-order valence-corrected chi connectivity index (χ0v) is 15.8. The third kappa shape index (κ3) is 3.27. The summed E-state index contributed by atoms with van der Waals surface area (Å²) in [7, 11) is 3.25. The fourth-order valence-corrected chi connectivity index (χ4v) is 3.80. The van der Waals surface area contributed by atoms with Crippen molar-refractivity contribution in [1.82, 2.24) is 5.32 Å². The van der Waals surface area contributed by atoms with Crippen molar-refractivity contribution in [2.75, 3.05) is 38.8 Å². The van der Waals surface area contributed by atoms with E-state index < -0.39 is 5.60 Å². The highest BCUT2D eigenvalue weighted by Gasteiger charge is 2.47. The lowest BCUT2D eigenvalue weighted by Crippen LogP contribution is -2.45. The molecule has 1 aromatic rings. The van der Waals surface area contributed by atoms with E-state index in [9.17, 15) is 4.79 Å². The molecule has 25 heavy (non-hydrogen) atoms. The largest absolute Gasteiger partial charge is 0.493 e. The lowest BCUT2D eigenvalue weighted by atomic mass is 9.74. The molecule has 0 unspecified atom stereocenters. The predicted molar refractivity (Wildman–Crippen MR) is 96.9 cm³/mol. The number of carbonyl (C=O) groups is 1. The molecule has 3 rings (SSSR count). The van der Waals surface area contributed by atoms with Crippen LogP contribution >= 0.6 is 0 Å². The first-order valence-electron chi connectivity index (χ1n) is 8.77. The number of fused-ring (bicyclic) bond motifs is 2. The van der Waals surface area contributed by atoms with Crippen LogP contribution in [0.2, 0.25) is 0 Å². The Balaban J connectivity index is 2.06. The smallest absolute Gasteiger partial charge is 0.414 e. The van der Waals surface area contributed by atoms with Gasteiger partial charge in [-0.3, -0.25) is 4.90 Å². The maximum absolute atomic E-state index is 12.8. The average Bonchev–Trinajstić information content (AvgIpc) is 2.86. The van der Waals surface area contributed by atoms with Crippen molar-refractivity contribution in [2.45, 2.75) is 44.6 Å². The van der Waals surface area contributed by atoms with Crippen LogP contribution in [0.15, 0.2) is 12.1 Å². The van der Waals surface area contributed by atoms with Crippen LogP contribution in [-0.2, 0) is 10.2 Å². The summed E-state index contributed by atoms with van der Waals surface area (Å²) in [6.45, 7) is 8.17. The number of anilines is 1. The van der Waals surface area contributed by atoms with Gasteiger partial charge in [0.1, 0.15) is 5.60 Å². The van der Waals surface area contributed by atoms with Crippen molar-refractivity contribution in [3.63, 3.8) is 0 Å². The lowest BCUT2D eigenvalue weighted by Gasteiger charge is -2.35. The number of carbonyl (C=O) groups excluding carboxylic acids is 1. The van der Waals surface area contributed by atoms with E-state index in [0.29, 0.717) is 18.0 Å². The molecule has 1 N–H and O–H groups in total. The molecule has 138 valence electrons. The summed E-state index contributed by atoms with van der Waals surface area (Å²) in [5.41, 5.74) is 1.43. The van der Waals surface area contributed by atoms with Gasteiger partial charge in [-0.05, 0) is 58.3 Å². The summed E-state index contributed by atoms with van der Waals surface area (Å²) in [6.07, 6.45) is 1.65. The minimum absolute atomic E-state index is 0.0585. The van der Waals surface area contributed by atoms with Crippen LogP contribution in [0.1, 0.15) is 39.2 Å². The Labute approximate surface area is 149 Å². The first kappa shape index (κ1) is 17.9. The Morgan fingerprint density at radius 2 is 1.72 bits per heavy atom. The summed E-state index contributed by atoms with van der Waals surface area (Å²) in [5.74, 6) is 1.32. The Morgan fingerprint density at radius 1 is 1.12 bits per heavy atom. The van der Waals surface area contributed by atoms with E-state index in [4.69, 9.17) is 14.2 Å². The number of hydrogen-bond acceptors (Lipinski definition) is 5. The van der Waals surface area contributed by atoms with Crippen LogP contribution in [0, 0.1) is 0 Å². The normalized spacial score (nSPS) is 18.8. The zero-order valence-electron chi connectivity index (χ0n) is 15.8. The monoisotopic (exact) mass is 348 g/mol. The number of rotatable bonds is 2. The molecule has 0 aliphatic carbocycles. The second kappa shape index (κ2) is 6.41. The van der Waals surface area contributed by atoms with Crippen molar-refractivity contribution >= 4 is 11.8 Å². The van der Waals surface area contributed by atoms with E-state index in [0.717, 1.165) is 37.2 Å². The van der Waals surface area contributed by atoms with E-state index in [1.807, 2.05) is 32.9 Å². The number of nitrogens with one attached hydrogen (secondary N) is 1. The molecule has 0 atom stereocenters. The average molecular weight is 348 g/mol. The van der Waals surface area contributed by atoms with Crippen molar-refractivity contribution in [3.8, 4) is 11.5 Å². The molecule has 1 amide bonds. The van der Waals surface area contributed by atoms with Crippen molar-refractivity contribution in [3.05, 3.63) is 17.7 Å². The molecule has 6 nitrogen and oxygen atoms in total. The highest BCUT2D eigenvalue weighted by molar-refractivity contribution is 5.92. The molecule has 2 aliphatic heterocycles. The fraction of sp³-hybridized carbons (Fsp3) is 0.632. The van der Waals surface area contributed by atoms with Gasteiger partial charge in [0.2, 0.25) is 0 Å². The lowest BCUT2D eigenvalue weighted by molar-refractivity contribution is 0.0575. The molecule has 2 heterocycles. The van der Waals surface area contributed by atoms with Gasteiger partial charge in [0.15, 0.2) is 11.5 Å². The number of methoxy groups -OCH3 is 2. The van der Waals surface area contributed by atoms with Crippen molar-refractivity contribution < 1.29 is 19.0 Å². The molecule has 0 saturated carbocycles. The van der Waals surface area contributed by atoms with Gasteiger partial charge in [-0.2, -0.15) is 0 Å². The number of nitrogens with zero attached hydrogens (tertiary/aromatic N) is 1. The topological polar surface area (TPSA) is 60.0 Å². The van der Waals surface area contributed by atoms with Crippen LogP contribution in [0.25, 0.3) is 0 Å². The van der Waals surface area contributed by atoms with E-state index in [2.05, 4.69) is 5.32 Å². The number of piperidine rings is 1. The molecular weight excluding hydrogens is 320 g/mol. The van der Waals surface area contributed by atoms with Crippen LogP contribution < -0.4 is 19.7 Å². The highest BCUT2D eigenvalue weighted by atomic mass is 16.6. The first-order chi connectivity index (χ1) is 11.8. The van der Waals surface area contributed by atoms with E-state index in [-0.39, 0.29) is 11.5 Å². The van der Waals surface area contributed by atoms with Gasteiger partial charge in [-0.1, -0.05) is 0 Å². The third-order valence-electron chi connectivity index (χ3n) is 5.00. The van der Waals surface area contributed by atoms with Crippen LogP contribution in [-0.4, -0.2) is 45.5 Å². The number of amides is 1. The summed E-state index contributed by atoms with van der Waals surface area (Å²) in [5, 5.41) is 3.41. The summed E-state index contributed by atoms with van der Waals surface area (Å²) < 4.78 is 16.6. The van der Waals surface area contributed by atoms with Crippen LogP contribution in [0.3, 0.4) is 0 Å². The van der Waals surface area contributed by atoms with Gasteiger partial charge >= 0.3 is 6.09 Å². The zero-order chi connectivity index (χ0) is 18.2. The third-order valence-corrected chi connectivity index (χ3v) is 5.00. The summed E-state index contributed by atoms with van der Waals surface area (Å²) >= 11 is 0. The number of ether oxygens (including phenoxy) is 3. The minimum atomic E-state index is -0.530. The van der Waals surface area contributed by atoms with Crippen molar-refractivity contribution in [1.29, 1.82) is 0 Å². The van der Waals surface area contributed by atoms with E-state index >= 15 is 0 Å². The molecule has 0 bridgehead atoms. The van der Waals surface area contributed by atoms with Crippen LogP contribution in [0.5, 0.6) is 11.5 Å². The van der Waals surface area contributed by atoms with Gasteiger partial charge < -0.3 is 19.5 Å². The second-order valence-electron chi connectivity index (χ2n) is 7.82. The molecule has 1 saturated heterocycles. The van der Waals surface area contributed by atoms with Gasteiger partial charge in [0, 0.05) is 18.0 Å². The Bertz CT molecular complexity index is 660. The van der Waals surface area contributed by atoms with E-state index in [1.165, 1.54) is 0 Å². The molecule has 1 spiro atoms. The quantitative estimate of drug-likeness (QED) is 0.890. The molecule has 1 aromatic carbocycles. The Hall–Kier alpha value is -1.95. The fourth-order valence-electron chi connectivity index (χ4n) is 3.80. The molecule has 6 heteroatoms. The molecule has 0 aromatic heterocycles. The van der Waals surface area contributed by atoms with Gasteiger partial charge in [0.05, 0.1) is 19.9 Å². The van der Waals surface area contributed by atoms with Gasteiger partial charge in [0.25, 0.3) is 0 Å². The Kier molecular flexibility index (Phi) is 4.58. The number of benzene rings is 1. The summed E-state index contributed by atoms with van der Waals surface area (Å²) in [4.78, 5) is 14.6. The number of hydrogen-bond donors (Lipinski definition) is 1. The van der Waals surface area contributed by atoms with Crippen LogP contribution in [0.4, 0.5) is 10.5 Å². The maximum Gasteiger partial charge on any atom is 0.414 e. The van der Waals surface area contributed by atoms with Gasteiger partial charge in [-0.25, -0.2) is 4.79 Å². The highest BCUT2D eigenvalue weighted by Crippen LogP contribution is 2.50. The molecule has 1 fully saturated rings. The predicted octanol–water partition coefficient (Wildman–Crippen LogP) is 3.08. The molecule has 0 radical (unpaired) electrons. The SMILES string of the molecule is COc1cc2c(cc1OC)C1(CCNCC1)CN2C(=O)OC(C)(C)C. The second-order valence-corrected chi connectivity index (χ2v) is 7.82. The van der Waals surface area contributed by atoms with E-state index in [1.54, 1.807) is 19.1 Å². The first-order valence-corrected chi connectivity index (χ1v) is 8.77. The standard InChI is InChI=1S/C19H28N2O4/c1-18(2,3)25-17(22)21-12-19(6-8-20-9-7-19)13-10-15(23-4)16(24-5)11-14(13)21/h10-11,20H,6-9,12H2,1-5H3. The van der Waals surface area contributed by atoms with Crippen molar-refractivity contribution in [2.24, 2.45) is 0 Å². The summed E-state index contributed by atoms with van der Waals surface area (Å²) in [6, 6.07) is 3.93. The molecular formula is C19H28N2O4. The minimum Gasteiger partial charge on any atom is -0.493 e.